The lowest BCUT2D eigenvalue weighted by Crippen LogP contribution is -2.25. The molecule has 5 heteroatoms. The van der Waals surface area contributed by atoms with Gasteiger partial charge in [-0.05, 0) is 54.7 Å². The van der Waals surface area contributed by atoms with E-state index in [0.29, 0.717) is 5.02 Å². The van der Waals surface area contributed by atoms with Crippen LogP contribution in [0, 0.1) is 0 Å². The van der Waals surface area contributed by atoms with Gasteiger partial charge in [0.25, 0.3) is 0 Å². The molecule has 0 spiro atoms. The smallest absolute Gasteiger partial charge is 0.239 e. The van der Waals surface area contributed by atoms with Gasteiger partial charge in [-0.25, -0.2) is 4.72 Å². The molecule has 0 heterocycles. The second-order valence-electron chi connectivity index (χ2n) is 2.70. The average Bonchev–Trinajstić information content (AvgIpc) is 2.16. The molecule has 0 radical (unpaired) electrons. The molecule has 0 fully saturated rings. The van der Waals surface area contributed by atoms with Gasteiger partial charge in [0, 0.05) is 9.92 Å². The van der Waals surface area contributed by atoms with Crippen LogP contribution in [0.4, 0.5) is 0 Å². The van der Waals surface area contributed by atoms with Gasteiger partial charge in [0.2, 0.25) is 5.24 Å². The van der Waals surface area contributed by atoms with E-state index in [0.717, 1.165) is 4.90 Å². The van der Waals surface area contributed by atoms with Gasteiger partial charge in [-0.3, -0.25) is 4.79 Å². The molecule has 0 bridgehead atoms. The van der Waals surface area contributed by atoms with Crippen molar-refractivity contribution >= 4 is 40.4 Å². The van der Waals surface area contributed by atoms with Crippen LogP contribution < -0.4 is 4.72 Å². The molecule has 0 aliphatic rings. The second-order valence-corrected chi connectivity index (χ2v) is 4.42. The van der Waals surface area contributed by atoms with Crippen molar-refractivity contribution in [2.24, 2.45) is 0 Å². The minimum absolute atomic E-state index is 0.364. The Bertz CT molecular complexity index is 315. The highest BCUT2D eigenvalue weighted by Gasteiger charge is 2.08. The Morgan fingerprint density at radius 3 is 2.50 bits per heavy atom. The summed E-state index contributed by atoms with van der Waals surface area (Å²) in [5.74, 6) is 0. The molecule has 0 aromatic heterocycles. The first kappa shape index (κ1) is 11.9. The molecular weight excluding hydrogens is 241 g/mol. The monoisotopic (exact) mass is 249 g/mol. The van der Waals surface area contributed by atoms with Crippen LogP contribution in [0.5, 0.6) is 0 Å². The Morgan fingerprint density at radius 1 is 1.43 bits per heavy atom. The van der Waals surface area contributed by atoms with Crippen LogP contribution in [0.2, 0.25) is 5.02 Å². The van der Waals surface area contributed by atoms with Crippen molar-refractivity contribution in [1.82, 2.24) is 4.72 Å². The molecule has 14 heavy (non-hydrogen) atoms. The van der Waals surface area contributed by atoms with Crippen molar-refractivity contribution in [2.75, 3.05) is 0 Å². The Hall–Kier alpha value is -0.220. The summed E-state index contributed by atoms with van der Waals surface area (Å²) in [5.41, 5.74) is 0. The van der Waals surface area contributed by atoms with E-state index in [1.165, 1.54) is 11.9 Å². The topological polar surface area (TPSA) is 29.1 Å². The second kappa shape index (κ2) is 5.61. The maximum Gasteiger partial charge on any atom is 0.239 e. The largest absolute Gasteiger partial charge is 0.279 e. The molecule has 0 aliphatic heterocycles. The molecule has 1 atom stereocenters. The lowest BCUT2D eigenvalue weighted by molar-refractivity contribution is -0.112. The van der Waals surface area contributed by atoms with E-state index < -0.39 is 5.24 Å². The average molecular weight is 250 g/mol. The summed E-state index contributed by atoms with van der Waals surface area (Å²) < 4.78 is 2.91. The molecule has 1 rings (SSSR count). The summed E-state index contributed by atoms with van der Waals surface area (Å²) in [5, 5.41) is 0.294. The molecule has 0 amide bonds. The normalized spacial score (nSPS) is 12.5. The highest BCUT2D eigenvalue weighted by atomic mass is 35.5. The molecule has 0 saturated heterocycles. The number of rotatable bonds is 4. The van der Waals surface area contributed by atoms with Gasteiger partial charge in [-0.15, -0.1) is 0 Å². The first-order valence-electron chi connectivity index (χ1n) is 3.97. The number of halogens is 2. The van der Waals surface area contributed by atoms with Crippen molar-refractivity contribution in [2.45, 2.75) is 17.9 Å². The van der Waals surface area contributed by atoms with Crippen LogP contribution in [0.25, 0.3) is 0 Å². The van der Waals surface area contributed by atoms with Crippen molar-refractivity contribution < 1.29 is 4.79 Å². The van der Waals surface area contributed by atoms with E-state index >= 15 is 0 Å². The summed E-state index contributed by atoms with van der Waals surface area (Å²) in [6.45, 7) is 1.71. The molecule has 76 valence electrons. The highest BCUT2D eigenvalue weighted by molar-refractivity contribution is 7.97. The predicted octanol–water partition coefficient (Wildman–Crippen LogP) is 3.09. The van der Waals surface area contributed by atoms with Crippen LogP contribution in [0.3, 0.4) is 0 Å². The van der Waals surface area contributed by atoms with Crippen LogP contribution >= 0.6 is 35.1 Å². The van der Waals surface area contributed by atoms with Crippen LogP contribution in [-0.4, -0.2) is 11.3 Å². The first-order chi connectivity index (χ1) is 6.59. The molecule has 1 aromatic rings. The quantitative estimate of drug-likeness (QED) is 0.657. The van der Waals surface area contributed by atoms with Crippen LogP contribution in [0.1, 0.15) is 6.92 Å². The Balaban J connectivity index is 2.46. The zero-order chi connectivity index (χ0) is 10.6. The first-order valence-corrected chi connectivity index (χ1v) is 5.54. The van der Waals surface area contributed by atoms with Gasteiger partial charge in [0.1, 0.15) is 0 Å². The lowest BCUT2D eigenvalue weighted by atomic mass is 10.4. The van der Waals surface area contributed by atoms with Crippen molar-refractivity contribution in [3.05, 3.63) is 29.3 Å². The number of carbonyl (C=O) groups is 1. The number of carbonyl (C=O) groups excluding carboxylic acids is 1. The molecule has 0 aliphatic carbocycles. The Kier molecular flexibility index (Phi) is 4.75. The molecule has 2 nitrogen and oxygen atoms in total. The summed E-state index contributed by atoms with van der Waals surface area (Å²) in [6.07, 6.45) is 0. The number of hydrogen-bond donors (Lipinski definition) is 1. The Labute approximate surface area is 97.1 Å². The van der Waals surface area contributed by atoms with E-state index in [1.54, 1.807) is 19.1 Å². The minimum Gasteiger partial charge on any atom is -0.279 e. The highest BCUT2D eigenvalue weighted by Crippen LogP contribution is 2.18. The summed E-state index contributed by atoms with van der Waals surface area (Å²) in [6, 6.07) is 6.95. The molecule has 1 N–H and O–H groups in total. The van der Waals surface area contributed by atoms with Gasteiger partial charge in [0.05, 0.1) is 6.04 Å². The summed E-state index contributed by atoms with van der Waals surface area (Å²) in [7, 11) is 0. The van der Waals surface area contributed by atoms with E-state index in [-0.39, 0.29) is 6.04 Å². The van der Waals surface area contributed by atoms with Crippen LogP contribution in [-0.2, 0) is 4.79 Å². The maximum absolute atomic E-state index is 10.7. The van der Waals surface area contributed by atoms with E-state index in [4.69, 9.17) is 23.2 Å². The van der Waals surface area contributed by atoms with Crippen molar-refractivity contribution in [1.29, 1.82) is 0 Å². The van der Waals surface area contributed by atoms with Crippen LogP contribution in [0.15, 0.2) is 29.2 Å². The fraction of sp³-hybridized carbons (Fsp3) is 0.222. The molecular formula is C9H9Cl2NOS. The maximum atomic E-state index is 10.7. The third kappa shape index (κ3) is 3.88. The fourth-order valence-corrected chi connectivity index (χ4v) is 1.64. The minimum atomic E-state index is -0.397. The zero-order valence-electron chi connectivity index (χ0n) is 7.46. The van der Waals surface area contributed by atoms with E-state index in [1.807, 2.05) is 12.1 Å². The summed E-state index contributed by atoms with van der Waals surface area (Å²) >= 11 is 12.4. The SMILES string of the molecule is CC(NSc1ccc(Cl)cc1)C(=O)Cl. The number of hydrogen-bond acceptors (Lipinski definition) is 3. The van der Waals surface area contributed by atoms with E-state index in [2.05, 4.69) is 4.72 Å². The predicted molar refractivity (Wildman–Crippen MR) is 60.8 cm³/mol. The molecule has 0 saturated carbocycles. The number of benzene rings is 1. The van der Waals surface area contributed by atoms with Crippen molar-refractivity contribution in [3.63, 3.8) is 0 Å². The standard InChI is InChI=1S/C9H9Cl2NOS/c1-6(9(11)13)12-14-8-4-2-7(10)3-5-8/h2-6,12H,1H3. The third-order valence-corrected chi connectivity index (χ3v) is 3.07. The Morgan fingerprint density at radius 2 is 2.00 bits per heavy atom. The van der Waals surface area contributed by atoms with Gasteiger partial charge in [0.15, 0.2) is 0 Å². The van der Waals surface area contributed by atoms with Gasteiger partial charge in [-0.1, -0.05) is 11.6 Å². The summed E-state index contributed by atoms with van der Waals surface area (Å²) in [4.78, 5) is 11.7. The van der Waals surface area contributed by atoms with Gasteiger partial charge < -0.3 is 0 Å². The van der Waals surface area contributed by atoms with Crippen molar-refractivity contribution in [3.8, 4) is 0 Å². The van der Waals surface area contributed by atoms with Gasteiger partial charge >= 0.3 is 0 Å². The zero-order valence-corrected chi connectivity index (χ0v) is 9.79. The van der Waals surface area contributed by atoms with Gasteiger partial charge in [-0.2, -0.15) is 0 Å². The number of nitrogens with one attached hydrogen (secondary N) is 1. The lowest BCUT2D eigenvalue weighted by Gasteiger charge is -2.07. The van der Waals surface area contributed by atoms with E-state index in [9.17, 15) is 4.79 Å². The fourth-order valence-electron chi connectivity index (χ4n) is 0.705. The molecule has 1 unspecified atom stereocenters. The molecule has 1 aromatic carbocycles. The third-order valence-electron chi connectivity index (χ3n) is 1.51.